The van der Waals surface area contributed by atoms with E-state index in [-0.39, 0.29) is 30.4 Å². The van der Waals surface area contributed by atoms with Gasteiger partial charge in [-0.3, -0.25) is 4.79 Å². The van der Waals surface area contributed by atoms with Crippen LogP contribution >= 0.6 is 12.4 Å². The lowest BCUT2D eigenvalue weighted by molar-refractivity contribution is -0.120. The highest BCUT2D eigenvalue weighted by molar-refractivity contribution is 5.85. The number of halogens is 1. The van der Waals surface area contributed by atoms with Gasteiger partial charge in [0.05, 0.1) is 6.54 Å². The number of carbonyl (C=O) groups is 1. The highest BCUT2D eigenvalue weighted by atomic mass is 35.5. The number of nitrogens with one attached hydrogen (secondary N) is 1. The Hall–Kier alpha value is -0.280. The summed E-state index contributed by atoms with van der Waals surface area (Å²) >= 11 is 0. The summed E-state index contributed by atoms with van der Waals surface area (Å²) in [5.41, 5.74) is 5.42. The zero-order chi connectivity index (χ0) is 7.90. The molecule has 0 aromatic heterocycles. The van der Waals surface area contributed by atoms with Crippen molar-refractivity contribution in [3.8, 4) is 0 Å². The van der Waals surface area contributed by atoms with Gasteiger partial charge >= 0.3 is 0 Å². The molecule has 0 saturated heterocycles. The summed E-state index contributed by atoms with van der Waals surface area (Å²) in [4.78, 5) is 11.0. The third-order valence-corrected chi connectivity index (χ3v) is 2.72. The molecule has 12 heavy (non-hydrogen) atoms. The second kappa shape index (κ2) is 3.23. The molecule has 0 aromatic carbocycles. The average Bonchev–Trinajstić information content (AvgIpc) is 2.81. The summed E-state index contributed by atoms with van der Waals surface area (Å²) in [5, 5.41) is 3.02. The quantitative estimate of drug-likeness (QED) is 0.678. The summed E-state index contributed by atoms with van der Waals surface area (Å²) < 4.78 is 0. The minimum absolute atomic E-state index is 0. The molecular weight excluding hydrogens is 176 g/mol. The van der Waals surface area contributed by atoms with Gasteiger partial charge in [-0.2, -0.15) is 0 Å². The Bertz CT molecular complexity index is 187. The molecule has 0 radical (unpaired) electrons. The van der Waals surface area contributed by atoms with Crippen LogP contribution in [-0.4, -0.2) is 18.0 Å². The first-order chi connectivity index (χ1) is 5.27. The van der Waals surface area contributed by atoms with E-state index in [1.807, 2.05) is 0 Å². The van der Waals surface area contributed by atoms with Crippen molar-refractivity contribution in [1.82, 2.24) is 5.32 Å². The second-order valence-electron chi connectivity index (χ2n) is 3.68. The van der Waals surface area contributed by atoms with Gasteiger partial charge in [-0.25, -0.2) is 0 Å². The Morgan fingerprint density at radius 2 is 2.08 bits per heavy atom. The Balaban J connectivity index is 0.000000720. The molecule has 2 fully saturated rings. The van der Waals surface area contributed by atoms with Crippen LogP contribution in [0, 0.1) is 5.92 Å². The Kier molecular flexibility index (Phi) is 2.64. The molecule has 0 aliphatic heterocycles. The topological polar surface area (TPSA) is 55.1 Å². The van der Waals surface area contributed by atoms with E-state index in [1.165, 1.54) is 25.7 Å². The fourth-order valence-electron chi connectivity index (χ4n) is 1.73. The molecule has 70 valence electrons. The highest BCUT2D eigenvalue weighted by Gasteiger charge is 2.54. The van der Waals surface area contributed by atoms with Gasteiger partial charge in [0.25, 0.3) is 0 Å². The van der Waals surface area contributed by atoms with Crippen LogP contribution < -0.4 is 11.1 Å². The van der Waals surface area contributed by atoms with Gasteiger partial charge in [-0.05, 0) is 31.6 Å². The van der Waals surface area contributed by atoms with Crippen LogP contribution in [0.4, 0.5) is 0 Å². The maximum Gasteiger partial charge on any atom is 0.234 e. The van der Waals surface area contributed by atoms with Crippen molar-refractivity contribution >= 4 is 18.3 Å². The second-order valence-corrected chi connectivity index (χ2v) is 3.68. The number of hydrogen-bond donors (Lipinski definition) is 2. The number of nitrogens with two attached hydrogens (primary N) is 1. The van der Waals surface area contributed by atoms with E-state index in [9.17, 15) is 4.79 Å². The zero-order valence-corrected chi connectivity index (χ0v) is 7.82. The van der Waals surface area contributed by atoms with E-state index in [1.54, 1.807) is 0 Å². The van der Waals surface area contributed by atoms with Crippen molar-refractivity contribution in [2.45, 2.75) is 31.2 Å². The Morgan fingerprint density at radius 1 is 1.50 bits per heavy atom. The maximum atomic E-state index is 11.0. The van der Waals surface area contributed by atoms with Gasteiger partial charge in [-0.15, -0.1) is 12.4 Å². The largest absolute Gasteiger partial charge is 0.349 e. The molecule has 1 amide bonds. The van der Waals surface area contributed by atoms with Crippen molar-refractivity contribution in [2.24, 2.45) is 11.7 Å². The molecule has 4 heteroatoms. The van der Waals surface area contributed by atoms with Crippen LogP contribution in [0.3, 0.4) is 0 Å². The first-order valence-electron chi connectivity index (χ1n) is 4.28. The molecule has 2 aliphatic rings. The van der Waals surface area contributed by atoms with Gasteiger partial charge in [0.1, 0.15) is 0 Å². The molecule has 0 spiro atoms. The lowest BCUT2D eigenvalue weighted by Gasteiger charge is -2.15. The predicted octanol–water partition coefficient (Wildman–Crippen LogP) is 0.426. The van der Waals surface area contributed by atoms with Crippen molar-refractivity contribution in [1.29, 1.82) is 0 Å². The van der Waals surface area contributed by atoms with Crippen LogP contribution in [0.2, 0.25) is 0 Å². The Morgan fingerprint density at radius 3 is 2.42 bits per heavy atom. The number of hydrogen-bond acceptors (Lipinski definition) is 2. The first kappa shape index (κ1) is 9.81. The monoisotopic (exact) mass is 190 g/mol. The molecule has 0 atom stereocenters. The van der Waals surface area contributed by atoms with Gasteiger partial charge in [0.2, 0.25) is 5.91 Å². The number of rotatable bonds is 3. The van der Waals surface area contributed by atoms with E-state index in [0.29, 0.717) is 0 Å². The lowest BCUT2D eigenvalue weighted by atomic mass is 10.1. The van der Waals surface area contributed by atoms with Crippen LogP contribution in [0.5, 0.6) is 0 Å². The fraction of sp³-hybridized carbons (Fsp3) is 0.875. The fourth-order valence-corrected chi connectivity index (χ4v) is 1.73. The molecule has 0 bridgehead atoms. The van der Waals surface area contributed by atoms with Crippen molar-refractivity contribution in [2.75, 3.05) is 6.54 Å². The third kappa shape index (κ3) is 1.72. The molecule has 3 nitrogen and oxygen atoms in total. The Labute approximate surface area is 78.5 Å². The van der Waals surface area contributed by atoms with Gasteiger partial charge in [0.15, 0.2) is 0 Å². The molecule has 2 aliphatic carbocycles. The summed E-state index contributed by atoms with van der Waals surface area (Å²) in [6, 6.07) is 0. The van der Waals surface area contributed by atoms with Crippen LogP contribution in [0.25, 0.3) is 0 Å². The van der Waals surface area contributed by atoms with Gasteiger partial charge in [0, 0.05) is 5.54 Å². The first-order valence-corrected chi connectivity index (χ1v) is 4.28. The maximum absolute atomic E-state index is 11.0. The molecule has 0 aromatic rings. The van der Waals surface area contributed by atoms with Crippen molar-refractivity contribution in [3.05, 3.63) is 0 Å². The molecular formula is C8H15ClN2O. The minimum atomic E-state index is 0. The number of carbonyl (C=O) groups excluding carboxylic acids is 1. The minimum Gasteiger partial charge on any atom is -0.349 e. The van der Waals surface area contributed by atoms with E-state index in [4.69, 9.17) is 5.73 Å². The summed E-state index contributed by atoms with van der Waals surface area (Å²) in [7, 11) is 0. The molecule has 0 unspecified atom stereocenters. The van der Waals surface area contributed by atoms with Gasteiger partial charge < -0.3 is 11.1 Å². The van der Waals surface area contributed by atoms with E-state index in [0.717, 1.165) is 5.92 Å². The van der Waals surface area contributed by atoms with Crippen LogP contribution in [-0.2, 0) is 4.79 Å². The van der Waals surface area contributed by atoms with Gasteiger partial charge in [-0.1, -0.05) is 0 Å². The average molecular weight is 191 g/mol. The summed E-state index contributed by atoms with van der Waals surface area (Å²) in [6.45, 7) is 0.133. The van der Waals surface area contributed by atoms with Crippen LogP contribution in [0.1, 0.15) is 25.7 Å². The predicted molar refractivity (Wildman–Crippen MR) is 49.1 cm³/mol. The molecule has 2 saturated carbocycles. The van der Waals surface area contributed by atoms with E-state index >= 15 is 0 Å². The standard InChI is InChI=1S/C8H14N2O.ClH/c9-5-7(11)10-8(3-4-8)6-1-2-6;/h6H,1-5,9H2,(H,10,11);1H. The van der Waals surface area contributed by atoms with Crippen LogP contribution in [0.15, 0.2) is 0 Å². The summed E-state index contributed by atoms with van der Waals surface area (Å²) in [6.07, 6.45) is 4.93. The van der Waals surface area contributed by atoms with E-state index < -0.39 is 0 Å². The van der Waals surface area contributed by atoms with E-state index in [2.05, 4.69) is 5.32 Å². The number of amides is 1. The zero-order valence-electron chi connectivity index (χ0n) is 7.01. The smallest absolute Gasteiger partial charge is 0.234 e. The van der Waals surface area contributed by atoms with Crippen molar-refractivity contribution < 1.29 is 4.79 Å². The molecule has 0 heterocycles. The highest BCUT2D eigenvalue weighted by Crippen LogP contribution is 2.53. The third-order valence-electron chi connectivity index (χ3n) is 2.72. The normalized spacial score (nSPS) is 24.1. The lowest BCUT2D eigenvalue weighted by Crippen LogP contribution is -2.41. The summed E-state index contributed by atoms with van der Waals surface area (Å²) in [5.74, 6) is 0.785. The van der Waals surface area contributed by atoms with Crippen molar-refractivity contribution in [3.63, 3.8) is 0 Å². The SMILES string of the molecule is Cl.NCC(=O)NC1(C2CC2)CC1. The molecule has 3 N–H and O–H groups in total. The molecule has 2 rings (SSSR count).